The molecule has 4 rings (SSSR count). The van der Waals surface area contributed by atoms with Gasteiger partial charge >= 0.3 is 7.12 Å². The van der Waals surface area contributed by atoms with E-state index in [1.54, 1.807) is 19.2 Å². The van der Waals surface area contributed by atoms with Crippen LogP contribution in [0.2, 0.25) is 6.32 Å². The molecule has 4 atom stereocenters. The first-order valence-corrected chi connectivity index (χ1v) is 11.5. The SMILES string of the molecule is C/C(=C\c1cccc(O)c1)CC[C@H]1OB(O)C[C@H]2C1=C(C(C)C)C[C@H]1C(=O)N(C)C(=O)[C@H]12. The van der Waals surface area contributed by atoms with E-state index < -0.39 is 13.0 Å². The average molecular weight is 437 g/mol. The molecule has 0 saturated carbocycles. The number of allylic oxidation sites excluding steroid dienone is 2. The Hall–Kier alpha value is -2.38. The van der Waals surface area contributed by atoms with E-state index >= 15 is 0 Å². The summed E-state index contributed by atoms with van der Waals surface area (Å²) in [6.45, 7) is 6.29. The third-order valence-electron chi connectivity index (χ3n) is 7.25. The number of nitrogens with zero attached hydrogens (tertiary/aromatic N) is 1. The van der Waals surface area contributed by atoms with E-state index in [0.29, 0.717) is 19.2 Å². The summed E-state index contributed by atoms with van der Waals surface area (Å²) in [5.74, 6) is -0.619. The van der Waals surface area contributed by atoms with E-state index in [1.807, 2.05) is 25.1 Å². The monoisotopic (exact) mass is 437 g/mol. The third-order valence-corrected chi connectivity index (χ3v) is 7.25. The summed E-state index contributed by atoms with van der Waals surface area (Å²) in [7, 11) is 0.630. The lowest BCUT2D eigenvalue weighted by atomic mass is 9.57. The second kappa shape index (κ2) is 8.87. The van der Waals surface area contributed by atoms with E-state index in [9.17, 15) is 19.7 Å². The summed E-state index contributed by atoms with van der Waals surface area (Å²) in [5, 5.41) is 20.2. The maximum Gasteiger partial charge on any atom is 0.455 e. The summed E-state index contributed by atoms with van der Waals surface area (Å²) in [6.07, 6.45) is 4.17. The molecule has 0 unspecified atom stereocenters. The normalized spacial score (nSPS) is 28.5. The Bertz CT molecular complexity index is 984. The smallest absolute Gasteiger partial charge is 0.455 e. The largest absolute Gasteiger partial charge is 0.508 e. The molecule has 1 aliphatic carbocycles. The summed E-state index contributed by atoms with van der Waals surface area (Å²) >= 11 is 0. The number of aromatic hydroxyl groups is 1. The lowest BCUT2D eigenvalue weighted by Gasteiger charge is -2.44. The summed E-state index contributed by atoms with van der Waals surface area (Å²) in [5.41, 5.74) is 4.42. The average Bonchev–Trinajstić information content (AvgIpc) is 2.95. The van der Waals surface area contributed by atoms with Gasteiger partial charge in [-0.05, 0) is 67.6 Å². The minimum Gasteiger partial charge on any atom is -0.508 e. The number of benzene rings is 1. The topological polar surface area (TPSA) is 87.1 Å². The number of hydrogen-bond acceptors (Lipinski definition) is 5. The van der Waals surface area contributed by atoms with Gasteiger partial charge in [-0.3, -0.25) is 14.5 Å². The van der Waals surface area contributed by atoms with Gasteiger partial charge in [-0.25, -0.2) is 0 Å². The molecule has 2 saturated heterocycles. The van der Waals surface area contributed by atoms with Crippen molar-refractivity contribution in [3.05, 3.63) is 46.5 Å². The standard InChI is InChI=1S/C25H32BNO5/c1-14(2)18-12-19-23(25(30)27(4)24(19)29)20-13-26(31)32-21(22(18)20)9-8-15(3)10-16-6-5-7-17(28)11-16/h5-7,10-11,14,19-21,23,28,31H,8-9,12-13H2,1-4H3/b15-10+/t19-,20+,21-,23-/m1/s1. The Morgan fingerprint density at radius 1 is 1.28 bits per heavy atom. The Kier molecular flexibility index (Phi) is 6.32. The van der Waals surface area contributed by atoms with Crippen molar-refractivity contribution in [2.45, 2.75) is 52.5 Å². The highest BCUT2D eigenvalue weighted by Gasteiger charge is 2.56. The van der Waals surface area contributed by atoms with Gasteiger partial charge in [0, 0.05) is 7.05 Å². The van der Waals surface area contributed by atoms with Crippen LogP contribution in [-0.2, 0) is 14.2 Å². The van der Waals surface area contributed by atoms with Crippen molar-refractivity contribution in [1.29, 1.82) is 0 Å². The molecule has 2 heterocycles. The van der Waals surface area contributed by atoms with Crippen LogP contribution >= 0.6 is 0 Å². The van der Waals surface area contributed by atoms with Gasteiger partial charge in [0.2, 0.25) is 11.8 Å². The molecule has 0 aromatic heterocycles. The van der Waals surface area contributed by atoms with Crippen LogP contribution in [0.25, 0.3) is 6.08 Å². The molecule has 6 nitrogen and oxygen atoms in total. The molecule has 170 valence electrons. The number of carbonyl (C=O) groups excluding carboxylic acids is 2. The highest BCUT2D eigenvalue weighted by molar-refractivity contribution is 6.43. The van der Waals surface area contributed by atoms with Crippen LogP contribution in [0.1, 0.15) is 45.6 Å². The predicted molar refractivity (Wildman–Crippen MR) is 123 cm³/mol. The molecule has 1 aromatic rings. The minimum atomic E-state index is -0.940. The van der Waals surface area contributed by atoms with Crippen LogP contribution in [-0.4, -0.2) is 47.1 Å². The Balaban J connectivity index is 1.61. The number of phenolic OH excluding ortho intramolecular Hbond substituents is 1. The molecule has 0 spiro atoms. The molecule has 1 aromatic carbocycles. The lowest BCUT2D eigenvalue weighted by Crippen LogP contribution is -2.46. The third kappa shape index (κ3) is 4.16. The fourth-order valence-electron chi connectivity index (χ4n) is 5.74. The van der Waals surface area contributed by atoms with Crippen LogP contribution in [0.4, 0.5) is 0 Å². The zero-order chi connectivity index (χ0) is 23.2. The zero-order valence-electron chi connectivity index (χ0n) is 19.2. The molecule has 7 heteroatoms. The number of imide groups is 1. The van der Waals surface area contributed by atoms with Crippen molar-refractivity contribution in [3.8, 4) is 5.75 Å². The van der Waals surface area contributed by atoms with Crippen LogP contribution in [0.15, 0.2) is 41.0 Å². The first-order valence-electron chi connectivity index (χ1n) is 11.5. The molecular weight excluding hydrogens is 405 g/mol. The van der Waals surface area contributed by atoms with Crippen LogP contribution in [0.3, 0.4) is 0 Å². The number of fused-ring (bicyclic) bond motifs is 3. The molecule has 0 bridgehead atoms. The Labute approximate surface area is 190 Å². The predicted octanol–water partition coefficient (Wildman–Crippen LogP) is 3.66. The van der Waals surface area contributed by atoms with Crippen LogP contribution in [0.5, 0.6) is 5.75 Å². The quantitative estimate of drug-likeness (QED) is 0.417. The van der Waals surface area contributed by atoms with Gasteiger partial charge in [-0.2, -0.15) is 0 Å². The molecule has 32 heavy (non-hydrogen) atoms. The molecule has 3 aliphatic rings. The second-order valence-corrected chi connectivity index (χ2v) is 9.75. The number of phenols is 1. The van der Waals surface area contributed by atoms with E-state index in [1.165, 1.54) is 10.5 Å². The number of rotatable bonds is 5. The molecule has 0 radical (unpaired) electrons. The van der Waals surface area contributed by atoms with Crippen molar-refractivity contribution in [2.75, 3.05) is 7.05 Å². The molecule has 2 amide bonds. The summed E-state index contributed by atoms with van der Waals surface area (Å²) in [4.78, 5) is 26.9. The van der Waals surface area contributed by atoms with Crippen molar-refractivity contribution in [2.24, 2.45) is 23.7 Å². The van der Waals surface area contributed by atoms with Gasteiger partial charge in [-0.1, -0.05) is 43.2 Å². The second-order valence-electron chi connectivity index (χ2n) is 9.75. The van der Waals surface area contributed by atoms with Crippen molar-refractivity contribution in [1.82, 2.24) is 4.90 Å². The fraction of sp³-hybridized carbons (Fsp3) is 0.520. The molecule has 2 fully saturated rings. The molecule has 2 aliphatic heterocycles. The highest BCUT2D eigenvalue weighted by atomic mass is 16.5. The summed E-state index contributed by atoms with van der Waals surface area (Å²) < 4.78 is 6.01. The van der Waals surface area contributed by atoms with Crippen molar-refractivity contribution >= 4 is 25.0 Å². The van der Waals surface area contributed by atoms with Gasteiger partial charge < -0.3 is 14.8 Å². The number of carbonyl (C=O) groups is 2. The van der Waals surface area contributed by atoms with Gasteiger partial charge in [0.1, 0.15) is 5.75 Å². The van der Waals surface area contributed by atoms with Crippen LogP contribution < -0.4 is 0 Å². The van der Waals surface area contributed by atoms with Gasteiger partial charge in [0.05, 0.1) is 17.9 Å². The van der Waals surface area contributed by atoms with Gasteiger partial charge in [-0.15, -0.1) is 0 Å². The first kappa shape index (κ1) is 22.8. The van der Waals surface area contributed by atoms with Crippen LogP contribution in [0, 0.1) is 23.7 Å². The number of likely N-dealkylation sites (tertiary alicyclic amines) is 1. The maximum absolute atomic E-state index is 12.9. The molecular formula is C25H32BNO5. The van der Waals surface area contributed by atoms with E-state index in [4.69, 9.17) is 4.65 Å². The fourth-order valence-corrected chi connectivity index (χ4v) is 5.74. The first-order chi connectivity index (χ1) is 15.2. The number of hydrogen-bond donors (Lipinski definition) is 2. The zero-order valence-corrected chi connectivity index (χ0v) is 19.2. The Morgan fingerprint density at radius 2 is 2.03 bits per heavy atom. The van der Waals surface area contributed by atoms with E-state index in [2.05, 4.69) is 13.8 Å². The summed E-state index contributed by atoms with van der Waals surface area (Å²) in [6, 6.07) is 7.13. The molecule has 2 N–H and O–H groups in total. The minimum absolute atomic E-state index is 0.0976. The lowest BCUT2D eigenvalue weighted by molar-refractivity contribution is -0.138. The highest BCUT2D eigenvalue weighted by Crippen LogP contribution is 2.51. The van der Waals surface area contributed by atoms with E-state index in [0.717, 1.165) is 23.1 Å². The van der Waals surface area contributed by atoms with E-state index in [-0.39, 0.29) is 41.4 Å². The van der Waals surface area contributed by atoms with Crippen molar-refractivity contribution in [3.63, 3.8) is 0 Å². The Morgan fingerprint density at radius 3 is 2.72 bits per heavy atom. The van der Waals surface area contributed by atoms with Gasteiger partial charge in [0.15, 0.2) is 0 Å². The van der Waals surface area contributed by atoms with Crippen molar-refractivity contribution < 1.29 is 24.4 Å². The number of amides is 2. The van der Waals surface area contributed by atoms with Gasteiger partial charge in [0.25, 0.3) is 0 Å². The maximum atomic E-state index is 12.9.